The molecule has 3 aromatic rings. The van der Waals surface area contributed by atoms with Gasteiger partial charge in [0.15, 0.2) is 0 Å². The maximum absolute atomic E-state index is 14.3. The topological polar surface area (TPSA) is 115 Å². The van der Waals surface area contributed by atoms with Crippen LogP contribution in [0.3, 0.4) is 0 Å². The highest BCUT2D eigenvalue weighted by atomic mass is 32.1. The Kier molecular flexibility index (Phi) is 3.42. The van der Waals surface area contributed by atoms with E-state index in [-0.39, 0.29) is 23.8 Å². The SMILES string of the molecule is Cc1[nH]ncc1-c1cc2nc(C3[C@H]4CC(C[C@@H]4F)N3C(=O)O)[nH]c(=O)c2s1. The summed E-state index contributed by atoms with van der Waals surface area (Å²) in [5.74, 6) is -0.251. The zero-order chi connectivity index (χ0) is 18.9. The number of aromatic amines is 2. The number of likely N-dealkylation sites (tertiary alicyclic amines) is 1. The Labute approximate surface area is 156 Å². The van der Waals surface area contributed by atoms with Gasteiger partial charge in [-0.3, -0.25) is 14.8 Å². The van der Waals surface area contributed by atoms with Gasteiger partial charge in [0.25, 0.3) is 5.56 Å². The van der Waals surface area contributed by atoms with Crippen LogP contribution in [-0.2, 0) is 0 Å². The van der Waals surface area contributed by atoms with Crippen molar-refractivity contribution in [1.29, 1.82) is 0 Å². The Morgan fingerprint density at radius 3 is 2.96 bits per heavy atom. The molecule has 1 saturated carbocycles. The molecule has 1 aliphatic heterocycles. The number of halogens is 1. The molecule has 1 amide bonds. The van der Waals surface area contributed by atoms with Gasteiger partial charge in [0, 0.05) is 28.1 Å². The van der Waals surface area contributed by atoms with Crippen LogP contribution in [0.2, 0.25) is 0 Å². The largest absolute Gasteiger partial charge is 0.465 e. The second kappa shape index (κ2) is 5.62. The third-order valence-electron chi connectivity index (χ3n) is 5.60. The van der Waals surface area contributed by atoms with Crippen LogP contribution in [0.25, 0.3) is 20.7 Å². The van der Waals surface area contributed by atoms with Gasteiger partial charge in [0.2, 0.25) is 0 Å². The summed E-state index contributed by atoms with van der Waals surface area (Å²) in [6.45, 7) is 1.89. The van der Waals surface area contributed by atoms with Crippen molar-refractivity contribution in [1.82, 2.24) is 25.1 Å². The third-order valence-corrected chi connectivity index (χ3v) is 6.76. The maximum Gasteiger partial charge on any atom is 0.408 e. The highest BCUT2D eigenvalue weighted by molar-refractivity contribution is 7.22. The summed E-state index contributed by atoms with van der Waals surface area (Å²) in [7, 11) is 0. The Morgan fingerprint density at radius 2 is 2.26 bits per heavy atom. The van der Waals surface area contributed by atoms with Crippen LogP contribution in [-0.4, -0.2) is 48.5 Å². The number of thiophene rings is 1. The number of aryl methyl sites for hydroxylation is 1. The number of hydrogen-bond acceptors (Lipinski definition) is 5. The molecule has 140 valence electrons. The van der Waals surface area contributed by atoms with Gasteiger partial charge in [0.1, 0.15) is 16.7 Å². The smallest absolute Gasteiger partial charge is 0.408 e. The van der Waals surface area contributed by atoms with Crippen molar-refractivity contribution in [2.24, 2.45) is 5.92 Å². The highest BCUT2D eigenvalue weighted by Crippen LogP contribution is 2.50. The molecule has 3 aromatic heterocycles. The van der Waals surface area contributed by atoms with E-state index in [1.165, 1.54) is 16.2 Å². The third kappa shape index (κ3) is 2.32. The predicted molar refractivity (Wildman–Crippen MR) is 96.6 cm³/mol. The zero-order valence-electron chi connectivity index (χ0n) is 14.3. The van der Waals surface area contributed by atoms with Crippen molar-refractivity contribution in [2.45, 2.75) is 38.0 Å². The molecule has 1 saturated heterocycles. The lowest BCUT2D eigenvalue weighted by molar-refractivity contribution is 0.0691. The maximum atomic E-state index is 14.3. The number of fused-ring (bicyclic) bond motifs is 3. The summed E-state index contributed by atoms with van der Waals surface area (Å²) in [4.78, 5) is 33.6. The van der Waals surface area contributed by atoms with Gasteiger partial charge < -0.3 is 10.1 Å². The fourth-order valence-electron chi connectivity index (χ4n) is 4.42. The molecule has 0 radical (unpaired) electrons. The molecule has 8 nitrogen and oxygen atoms in total. The minimum atomic E-state index is -1.11. The van der Waals surface area contributed by atoms with Crippen LogP contribution in [0.4, 0.5) is 9.18 Å². The van der Waals surface area contributed by atoms with Crippen molar-refractivity contribution < 1.29 is 14.3 Å². The first-order valence-electron chi connectivity index (χ1n) is 8.63. The first kappa shape index (κ1) is 16.4. The number of amides is 1. The lowest BCUT2D eigenvalue weighted by Gasteiger charge is -2.33. The number of rotatable bonds is 2. The average molecular weight is 389 g/mol. The van der Waals surface area contributed by atoms with E-state index in [1.807, 2.05) is 6.92 Å². The standard InChI is InChI=1S/C17H16FN5O3S/c1-6-9(5-19-22-6)12-4-11-14(27-12)16(24)21-15(20-11)13-8-2-7(3-10(8)18)23(13)17(25)26/h4-5,7-8,10,13H,2-3H2,1H3,(H,19,22)(H,25,26)(H,20,21,24)/t7?,8-,10-,13?/m0/s1. The van der Waals surface area contributed by atoms with Crippen LogP contribution in [0.15, 0.2) is 17.1 Å². The molecular weight excluding hydrogens is 373 g/mol. The van der Waals surface area contributed by atoms with E-state index in [0.717, 1.165) is 16.1 Å². The van der Waals surface area contributed by atoms with Gasteiger partial charge in [-0.25, -0.2) is 14.2 Å². The Bertz CT molecular complexity index is 1120. The Hall–Kier alpha value is -2.75. The number of carboxylic acid groups (broad SMARTS) is 1. The highest BCUT2D eigenvalue weighted by Gasteiger charge is 2.55. The molecule has 2 bridgehead atoms. The van der Waals surface area contributed by atoms with Crippen molar-refractivity contribution >= 4 is 27.6 Å². The molecule has 0 spiro atoms. The van der Waals surface area contributed by atoms with Gasteiger partial charge in [-0.2, -0.15) is 5.10 Å². The molecule has 2 unspecified atom stereocenters. The molecule has 10 heteroatoms. The molecule has 4 heterocycles. The molecule has 2 aliphatic rings. The number of piperidine rings is 1. The Morgan fingerprint density at radius 1 is 1.44 bits per heavy atom. The van der Waals surface area contributed by atoms with E-state index in [1.54, 1.807) is 12.3 Å². The average Bonchev–Trinajstić information content (AvgIpc) is 3.35. The second-order valence-electron chi connectivity index (χ2n) is 7.12. The van der Waals surface area contributed by atoms with Crippen LogP contribution < -0.4 is 5.56 Å². The summed E-state index contributed by atoms with van der Waals surface area (Å²) >= 11 is 1.30. The molecule has 5 rings (SSSR count). The fraction of sp³-hybridized carbons (Fsp3) is 0.412. The van der Waals surface area contributed by atoms with E-state index < -0.39 is 24.2 Å². The van der Waals surface area contributed by atoms with Gasteiger partial charge in [-0.1, -0.05) is 0 Å². The second-order valence-corrected chi connectivity index (χ2v) is 8.18. The molecule has 27 heavy (non-hydrogen) atoms. The minimum absolute atomic E-state index is 0.211. The van der Waals surface area contributed by atoms with E-state index in [9.17, 15) is 19.1 Å². The van der Waals surface area contributed by atoms with E-state index in [0.29, 0.717) is 16.6 Å². The van der Waals surface area contributed by atoms with E-state index >= 15 is 0 Å². The number of nitrogens with zero attached hydrogens (tertiary/aromatic N) is 3. The normalized spacial score (nSPS) is 27.0. The number of nitrogens with one attached hydrogen (secondary N) is 2. The zero-order valence-corrected chi connectivity index (χ0v) is 15.1. The number of alkyl halides is 1. The van der Waals surface area contributed by atoms with Gasteiger partial charge in [-0.05, 0) is 25.8 Å². The predicted octanol–water partition coefficient (Wildman–Crippen LogP) is 2.83. The number of hydrogen-bond donors (Lipinski definition) is 3. The van der Waals surface area contributed by atoms with Crippen molar-refractivity contribution in [3.63, 3.8) is 0 Å². The van der Waals surface area contributed by atoms with Gasteiger partial charge >= 0.3 is 6.09 Å². The fourth-order valence-corrected chi connectivity index (χ4v) is 5.48. The first-order valence-corrected chi connectivity index (χ1v) is 9.45. The van der Waals surface area contributed by atoms with Gasteiger partial charge in [-0.15, -0.1) is 11.3 Å². The van der Waals surface area contributed by atoms with Crippen LogP contribution in [0.1, 0.15) is 30.4 Å². The first-order chi connectivity index (χ1) is 12.9. The summed E-state index contributed by atoms with van der Waals surface area (Å²) in [5, 5.41) is 16.4. The summed E-state index contributed by atoms with van der Waals surface area (Å²) in [6.07, 6.45) is 0.168. The van der Waals surface area contributed by atoms with Crippen molar-refractivity contribution in [3.8, 4) is 10.4 Å². The molecule has 2 fully saturated rings. The van der Waals surface area contributed by atoms with Crippen molar-refractivity contribution in [2.75, 3.05) is 0 Å². The molecule has 3 N–H and O–H groups in total. The van der Waals surface area contributed by atoms with E-state index in [4.69, 9.17) is 0 Å². The lowest BCUT2D eigenvalue weighted by Crippen LogP contribution is -2.43. The molecule has 4 atom stereocenters. The monoisotopic (exact) mass is 389 g/mol. The van der Waals surface area contributed by atoms with Gasteiger partial charge in [0.05, 0.1) is 17.8 Å². The molecule has 0 aromatic carbocycles. The number of aromatic nitrogens is 4. The molecular formula is C17H16FN5O3S. The van der Waals surface area contributed by atoms with Crippen molar-refractivity contribution in [3.05, 3.63) is 34.1 Å². The van der Waals surface area contributed by atoms with Crippen LogP contribution >= 0.6 is 11.3 Å². The summed E-state index contributed by atoms with van der Waals surface area (Å²) in [5.41, 5.74) is 1.91. The Balaban J connectivity index is 1.63. The molecule has 1 aliphatic carbocycles. The lowest BCUT2D eigenvalue weighted by atomic mass is 9.96. The summed E-state index contributed by atoms with van der Waals surface area (Å²) in [6, 6.07) is 0.675. The number of H-pyrrole nitrogens is 2. The number of carbonyl (C=O) groups is 1. The van der Waals surface area contributed by atoms with Crippen LogP contribution in [0.5, 0.6) is 0 Å². The van der Waals surface area contributed by atoms with Crippen LogP contribution in [0, 0.1) is 12.8 Å². The van der Waals surface area contributed by atoms with E-state index in [2.05, 4.69) is 20.2 Å². The summed E-state index contributed by atoms with van der Waals surface area (Å²) < 4.78 is 14.7. The quantitative estimate of drug-likeness (QED) is 0.623. The minimum Gasteiger partial charge on any atom is -0.465 e.